The zero-order valence-electron chi connectivity index (χ0n) is 11.3. The standard InChI is InChI=1S/C14H19F3O2/c1-10(2)13(18,9-19-3)8-11-5-4-6-12(7-11)14(15,16)17/h4-7,10,18H,8-9H2,1-3H3. The average Bonchev–Trinajstić information content (AvgIpc) is 2.28. The fraction of sp³-hybridized carbons (Fsp3) is 0.571. The van der Waals surface area contributed by atoms with Gasteiger partial charge in [-0.2, -0.15) is 13.2 Å². The van der Waals surface area contributed by atoms with Crippen LogP contribution in [0.4, 0.5) is 13.2 Å². The van der Waals surface area contributed by atoms with Gasteiger partial charge >= 0.3 is 6.18 Å². The van der Waals surface area contributed by atoms with Crippen molar-refractivity contribution in [3.63, 3.8) is 0 Å². The van der Waals surface area contributed by atoms with Gasteiger partial charge in [0.1, 0.15) is 0 Å². The molecule has 0 heterocycles. The highest BCUT2D eigenvalue weighted by molar-refractivity contribution is 5.27. The Hall–Kier alpha value is -1.07. The number of methoxy groups -OCH3 is 1. The summed E-state index contributed by atoms with van der Waals surface area (Å²) in [5.74, 6) is -0.123. The number of halogens is 3. The minimum Gasteiger partial charge on any atom is -0.387 e. The second kappa shape index (κ2) is 5.92. The smallest absolute Gasteiger partial charge is 0.387 e. The van der Waals surface area contributed by atoms with Crippen LogP contribution >= 0.6 is 0 Å². The molecule has 19 heavy (non-hydrogen) atoms. The highest BCUT2D eigenvalue weighted by atomic mass is 19.4. The first-order valence-corrected chi connectivity index (χ1v) is 6.06. The lowest BCUT2D eigenvalue weighted by Crippen LogP contribution is -2.42. The van der Waals surface area contributed by atoms with E-state index in [0.717, 1.165) is 12.1 Å². The Balaban J connectivity index is 2.98. The molecule has 0 aliphatic carbocycles. The summed E-state index contributed by atoms with van der Waals surface area (Å²) < 4.78 is 42.8. The van der Waals surface area contributed by atoms with Crippen molar-refractivity contribution < 1.29 is 23.0 Å². The molecular formula is C14H19F3O2. The van der Waals surface area contributed by atoms with Gasteiger partial charge in [-0.25, -0.2) is 0 Å². The molecule has 1 atom stereocenters. The third-order valence-corrected chi connectivity index (χ3v) is 3.23. The van der Waals surface area contributed by atoms with E-state index in [-0.39, 0.29) is 18.9 Å². The summed E-state index contributed by atoms with van der Waals surface area (Å²) in [6.07, 6.45) is -4.24. The second-order valence-electron chi connectivity index (χ2n) is 5.07. The molecule has 0 amide bonds. The zero-order valence-corrected chi connectivity index (χ0v) is 11.3. The molecule has 1 aromatic rings. The Morgan fingerprint density at radius 3 is 2.37 bits per heavy atom. The Kier molecular flexibility index (Phi) is 4.98. The van der Waals surface area contributed by atoms with Gasteiger partial charge in [0.15, 0.2) is 0 Å². The van der Waals surface area contributed by atoms with E-state index < -0.39 is 17.3 Å². The summed E-state index contributed by atoms with van der Waals surface area (Å²) in [5.41, 5.74) is -1.42. The number of hydrogen-bond donors (Lipinski definition) is 1. The number of hydrogen-bond acceptors (Lipinski definition) is 2. The van der Waals surface area contributed by atoms with Crippen molar-refractivity contribution in [1.82, 2.24) is 0 Å². The van der Waals surface area contributed by atoms with Gasteiger partial charge < -0.3 is 9.84 Å². The fourth-order valence-corrected chi connectivity index (χ4v) is 1.88. The topological polar surface area (TPSA) is 29.5 Å². The maximum atomic E-state index is 12.6. The van der Waals surface area contributed by atoms with Crippen LogP contribution in [0.3, 0.4) is 0 Å². The molecule has 2 nitrogen and oxygen atoms in total. The monoisotopic (exact) mass is 276 g/mol. The lowest BCUT2D eigenvalue weighted by Gasteiger charge is -2.31. The SMILES string of the molecule is COCC(O)(Cc1cccc(C(F)(F)F)c1)C(C)C. The van der Waals surface area contributed by atoms with Crippen LogP contribution in [0.15, 0.2) is 24.3 Å². The maximum Gasteiger partial charge on any atom is 0.416 e. The van der Waals surface area contributed by atoms with E-state index >= 15 is 0 Å². The summed E-state index contributed by atoms with van der Waals surface area (Å²) in [6.45, 7) is 3.71. The molecule has 0 bridgehead atoms. The lowest BCUT2D eigenvalue weighted by molar-refractivity contribution is -0.137. The predicted octanol–water partition coefficient (Wildman–Crippen LogP) is 3.28. The summed E-state index contributed by atoms with van der Waals surface area (Å²) in [6, 6.07) is 5.03. The van der Waals surface area contributed by atoms with Gasteiger partial charge in [0.05, 0.1) is 17.8 Å². The number of alkyl halides is 3. The molecule has 0 aliphatic heterocycles. The molecule has 0 spiro atoms. The van der Waals surface area contributed by atoms with E-state index in [0.29, 0.717) is 5.56 Å². The highest BCUT2D eigenvalue weighted by Gasteiger charge is 2.33. The quantitative estimate of drug-likeness (QED) is 0.894. The molecule has 5 heteroatoms. The van der Waals surface area contributed by atoms with Crippen molar-refractivity contribution in [2.75, 3.05) is 13.7 Å². The van der Waals surface area contributed by atoms with Crippen LogP contribution in [0.1, 0.15) is 25.0 Å². The number of benzene rings is 1. The second-order valence-corrected chi connectivity index (χ2v) is 5.07. The van der Waals surface area contributed by atoms with Crippen LogP contribution in [0, 0.1) is 5.92 Å². The molecule has 1 unspecified atom stereocenters. The van der Waals surface area contributed by atoms with Crippen LogP contribution in [0.2, 0.25) is 0 Å². The van der Waals surface area contributed by atoms with Crippen molar-refractivity contribution >= 4 is 0 Å². The Morgan fingerprint density at radius 2 is 1.89 bits per heavy atom. The average molecular weight is 276 g/mol. The summed E-state index contributed by atoms with van der Waals surface area (Å²) in [7, 11) is 1.46. The molecule has 0 radical (unpaired) electrons. The molecule has 0 fully saturated rings. The van der Waals surface area contributed by atoms with Crippen LogP contribution in [0.5, 0.6) is 0 Å². The van der Waals surface area contributed by atoms with Crippen molar-refractivity contribution in [2.45, 2.75) is 32.0 Å². The first-order chi connectivity index (χ1) is 8.69. The Labute approximate surface area is 111 Å². The largest absolute Gasteiger partial charge is 0.416 e. The maximum absolute atomic E-state index is 12.6. The summed E-state index contributed by atoms with van der Waals surface area (Å²) >= 11 is 0. The van der Waals surface area contributed by atoms with Gasteiger partial charge in [-0.05, 0) is 17.5 Å². The van der Waals surface area contributed by atoms with E-state index in [9.17, 15) is 18.3 Å². The first kappa shape index (κ1) is 16.0. The van der Waals surface area contributed by atoms with Gasteiger partial charge in [0.25, 0.3) is 0 Å². The normalized spacial score (nSPS) is 15.6. The summed E-state index contributed by atoms with van der Waals surface area (Å²) in [4.78, 5) is 0. The Bertz CT molecular complexity index is 415. The van der Waals surface area contributed by atoms with E-state index in [1.165, 1.54) is 13.2 Å². The van der Waals surface area contributed by atoms with Gasteiger partial charge in [0.2, 0.25) is 0 Å². The Morgan fingerprint density at radius 1 is 1.26 bits per heavy atom. The third-order valence-electron chi connectivity index (χ3n) is 3.23. The molecule has 0 aliphatic rings. The zero-order chi connectivity index (χ0) is 14.7. The molecule has 1 N–H and O–H groups in total. The van der Waals surface area contributed by atoms with E-state index in [1.807, 2.05) is 13.8 Å². The first-order valence-electron chi connectivity index (χ1n) is 6.06. The fourth-order valence-electron chi connectivity index (χ4n) is 1.88. The summed E-state index contributed by atoms with van der Waals surface area (Å²) in [5, 5.41) is 10.4. The van der Waals surface area contributed by atoms with Crippen LogP contribution < -0.4 is 0 Å². The molecule has 1 rings (SSSR count). The van der Waals surface area contributed by atoms with Crippen molar-refractivity contribution in [3.05, 3.63) is 35.4 Å². The van der Waals surface area contributed by atoms with Gasteiger partial charge in [-0.15, -0.1) is 0 Å². The highest BCUT2D eigenvalue weighted by Crippen LogP contribution is 2.31. The van der Waals surface area contributed by atoms with Crippen molar-refractivity contribution in [1.29, 1.82) is 0 Å². The van der Waals surface area contributed by atoms with Gasteiger partial charge in [-0.1, -0.05) is 32.0 Å². The minimum atomic E-state index is -4.37. The third kappa shape index (κ3) is 4.21. The molecule has 0 aromatic heterocycles. The van der Waals surface area contributed by atoms with E-state index in [4.69, 9.17) is 4.74 Å². The number of aliphatic hydroxyl groups is 1. The van der Waals surface area contributed by atoms with Crippen molar-refractivity contribution in [3.8, 4) is 0 Å². The lowest BCUT2D eigenvalue weighted by atomic mass is 9.84. The van der Waals surface area contributed by atoms with E-state index in [1.54, 1.807) is 6.07 Å². The van der Waals surface area contributed by atoms with Gasteiger partial charge in [-0.3, -0.25) is 0 Å². The predicted molar refractivity (Wildman–Crippen MR) is 66.8 cm³/mol. The van der Waals surface area contributed by atoms with Crippen molar-refractivity contribution in [2.24, 2.45) is 5.92 Å². The van der Waals surface area contributed by atoms with E-state index in [2.05, 4.69) is 0 Å². The molecule has 0 saturated carbocycles. The van der Waals surface area contributed by atoms with Gasteiger partial charge in [0, 0.05) is 13.5 Å². The molecule has 108 valence electrons. The number of rotatable bonds is 5. The van der Waals surface area contributed by atoms with Crippen LogP contribution in [0.25, 0.3) is 0 Å². The van der Waals surface area contributed by atoms with Crippen LogP contribution in [-0.2, 0) is 17.3 Å². The van der Waals surface area contributed by atoms with Crippen LogP contribution in [-0.4, -0.2) is 24.4 Å². The molecule has 0 saturated heterocycles. The molecular weight excluding hydrogens is 257 g/mol. The number of ether oxygens (including phenoxy) is 1. The minimum absolute atomic E-state index is 0.0842. The molecule has 1 aromatic carbocycles.